The molecule has 0 aliphatic heterocycles. The Bertz CT molecular complexity index is 826. The number of rotatable bonds is 8. The third-order valence-electron chi connectivity index (χ3n) is 4.03. The number of halogens is 3. The van der Waals surface area contributed by atoms with Gasteiger partial charge in [-0.15, -0.1) is 0 Å². The summed E-state index contributed by atoms with van der Waals surface area (Å²) in [4.78, 5) is 23.8. The van der Waals surface area contributed by atoms with Gasteiger partial charge in [-0.05, 0) is 35.7 Å². The maximum atomic E-state index is 13.1. The predicted octanol–water partition coefficient (Wildman–Crippen LogP) is 3.15. The monoisotopic (exact) mass is 393 g/mol. The third-order valence-corrected chi connectivity index (χ3v) is 4.03. The van der Waals surface area contributed by atoms with Gasteiger partial charge in [0.1, 0.15) is 5.82 Å². The van der Waals surface area contributed by atoms with Crippen LogP contribution >= 0.6 is 0 Å². The number of benzene rings is 2. The molecule has 0 bridgehead atoms. The SMILES string of the molecule is CC(C)[C@@H](NCC(=O)NCC(=O)Nc1ccc(F)c(F)c1)c1ccc(F)cc1. The molecule has 0 aliphatic rings. The summed E-state index contributed by atoms with van der Waals surface area (Å²) < 4.78 is 39.1. The molecule has 1 atom stereocenters. The Kier molecular flexibility index (Phi) is 7.57. The third kappa shape index (κ3) is 6.38. The number of amides is 2. The molecule has 0 unspecified atom stereocenters. The fourth-order valence-electron chi connectivity index (χ4n) is 2.63. The lowest BCUT2D eigenvalue weighted by Gasteiger charge is -2.22. The summed E-state index contributed by atoms with van der Waals surface area (Å²) in [6, 6.07) is 8.82. The van der Waals surface area contributed by atoms with E-state index in [2.05, 4.69) is 16.0 Å². The fraction of sp³-hybridized carbons (Fsp3) is 0.300. The number of hydrogen-bond acceptors (Lipinski definition) is 3. The molecule has 2 aromatic rings. The van der Waals surface area contributed by atoms with Crippen molar-refractivity contribution >= 4 is 17.5 Å². The summed E-state index contributed by atoms with van der Waals surface area (Å²) in [5.74, 6) is -3.26. The van der Waals surface area contributed by atoms with E-state index in [1.807, 2.05) is 13.8 Å². The van der Waals surface area contributed by atoms with Crippen molar-refractivity contribution in [3.05, 3.63) is 65.5 Å². The second kappa shape index (κ2) is 9.89. The van der Waals surface area contributed by atoms with Crippen LogP contribution in [0.25, 0.3) is 0 Å². The molecule has 0 fully saturated rings. The van der Waals surface area contributed by atoms with E-state index in [4.69, 9.17) is 0 Å². The van der Waals surface area contributed by atoms with Gasteiger partial charge in [-0.3, -0.25) is 9.59 Å². The van der Waals surface area contributed by atoms with Crippen LogP contribution in [0, 0.1) is 23.4 Å². The highest BCUT2D eigenvalue weighted by molar-refractivity contribution is 5.94. The Morgan fingerprint density at radius 3 is 2.18 bits per heavy atom. The molecule has 0 radical (unpaired) electrons. The van der Waals surface area contributed by atoms with Crippen LogP contribution < -0.4 is 16.0 Å². The van der Waals surface area contributed by atoms with E-state index < -0.39 is 23.4 Å². The van der Waals surface area contributed by atoms with Crippen LogP contribution in [0.15, 0.2) is 42.5 Å². The predicted molar refractivity (Wildman–Crippen MR) is 100.0 cm³/mol. The molecule has 3 N–H and O–H groups in total. The summed E-state index contributed by atoms with van der Waals surface area (Å²) in [6.45, 7) is 3.57. The topological polar surface area (TPSA) is 70.2 Å². The van der Waals surface area contributed by atoms with Crippen LogP contribution in [-0.4, -0.2) is 24.9 Å². The molecule has 2 aromatic carbocycles. The molecule has 28 heavy (non-hydrogen) atoms. The zero-order valence-corrected chi connectivity index (χ0v) is 15.6. The molecular formula is C20H22F3N3O2. The summed E-state index contributed by atoms with van der Waals surface area (Å²) in [6.07, 6.45) is 0. The van der Waals surface area contributed by atoms with Crippen molar-refractivity contribution in [2.45, 2.75) is 19.9 Å². The first-order valence-corrected chi connectivity index (χ1v) is 8.76. The van der Waals surface area contributed by atoms with E-state index in [1.165, 1.54) is 18.2 Å². The number of nitrogens with one attached hydrogen (secondary N) is 3. The van der Waals surface area contributed by atoms with Crippen molar-refractivity contribution in [3.63, 3.8) is 0 Å². The molecule has 8 heteroatoms. The fourth-order valence-corrected chi connectivity index (χ4v) is 2.63. The molecule has 150 valence electrons. The zero-order valence-electron chi connectivity index (χ0n) is 15.6. The highest BCUT2D eigenvalue weighted by atomic mass is 19.2. The second-order valence-electron chi connectivity index (χ2n) is 6.61. The number of carbonyl (C=O) groups excluding carboxylic acids is 2. The molecule has 5 nitrogen and oxygen atoms in total. The van der Waals surface area contributed by atoms with Crippen LogP contribution in [-0.2, 0) is 9.59 Å². The van der Waals surface area contributed by atoms with Crippen molar-refractivity contribution in [1.82, 2.24) is 10.6 Å². The Morgan fingerprint density at radius 1 is 0.893 bits per heavy atom. The lowest BCUT2D eigenvalue weighted by molar-refractivity contribution is -0.123. The minimum atomic E-state index is -1.08. The largest absolute Gasteiger partial charge is 0.346 e. The van der Waals surface area contributed by atoms with Crippen molar-refractivity contribution in [2.24, 2.45) is 5.92 Å². The van der Waals surface area contributed by atoms with Crippen molar-refractivity contribution < 1.29 is 22.8 Å². The second-order valence-corrected chi connectivity index (χ2v) is 6.61. The number of hydrogen-bond donors (Lipinski definition) is 3. The Hall–Kier alpha value is -2.87. The molecule has 0 aliphatic carbocycles. The first kappa shape index (κ1) is 21.4. The van der Waals surface area contributed by atoms with E-state index in [9.17, 15) is 22.8 Å². The average Bonchev–Trinajstić information content (AvgIpc) is 2.64. The molecule has 2 amide bonds. The quantitative estimate of drug-likeness (QED) is 0.645. The van der Waals surface area contributed by atoms with Crippen LogP contribution in [0.5, 0.6) is 0 Å². The van der Waals surface area contributed by atoms with Gasteiger partial charge in [-0.2, -0.15) is 0 Å². The van der Waals surface area contributed by atoms with Crippen molar-refractivity contribution in [3.8, 4) is 0 Å². The first-order chi connectivity index (χ1) is 13.3. The molecule has 0 saturated carbocycles. The molecule has 0 spiro atoms. The van der Waals surface area contributed by atoms with Gasteiger partial charge in [0.05, 0.1) is 13.1 Å². The summed E-state index contributed by atoms with van der Waals surface area (Å²) in [5.41, 5.74) is 0.938. The van der Waals surface area contributed by atoms with Crippen molar-refractivity contribution in [1.29, 1.82) is 0 Å². The smallest absolute Gasteiger partial charge is 0.243 e. The van der Waals surface area contributed by atoms with E-state index in [-0.39, 0.29) is 36.6 Å². The molecule has 0 heterocycles. The van der Waals surface area contributed by atoms with Gasteiger partial charge in [0.25, 0.3) is 0 Å². The van der Waals surface area contributed by atoms with Crippen LogP contribution in [0.4, 0.5) is 18.9 Å². The van der Waals surface area contributed by atoms with Gasteiger partial charge in [-0.1, -0.05) is 26.0 Å². The van der Waals surface area contributed by atoms with E-state index in [1.54, 1.807) is 12.1 Å². The Morgan fingerprint density at radius 2 is 1.57 bits per heavy atom. The molecule has 0 saturated heterocycles. The highest BCUT2D eigenvalue weighted by Crippen LogP contribution is 2.21. The summed E-state index contributed by atoms with van der Waals surface area (Å²) in [7, 11) is 0. The van der Waals surface area contributed by atoms with Gasteiger partial charge in [-0.25, -0.2) is 13.2 Å². The highest BCUT2D eigenvalue weighted by Gasteiger charge is 2.17. The van der Waals surface area contributed by atoms with Crippen LogP contribution in [0.1, 0.15) is 25.5 Å². The van der Waals surface area contributed by atoms with Crippen LogP contribution in [0.2, 0.25) is 0 Å². The Labute approximate surface area is 161 Å². The van der Waals surface area contributed by atoms with Gasteiger partial charge < -0.3 is 16.0 Å². The van der Waals surface area contributed by atoms with Crippen LogP contribution in [0.3, 0.4) is 0 Å². The lowest BCUT2D eigenvalue weighted by Crippen LogP contribution is -2.40. The lowest BCUT2D eigenvalue weighted by atomic mass is 9.96. The minimum absolute atomic E-state index is 0.0430. The first-order valence-electron chi connectivity index (χ1n) is 8.76. The van der Waals surface area contributed by atoms with Gasteiger partial charge >= 0.3 is 0 Å². The maximum absolute atomic E-state index is 13.1. The summed E-state index contributed by atoms with van der Waals surface area (Å²) in [5, 5.41) is 7.89. The van der Waals surface area contributed by atoms with Gasteiger partial charge in [0.15, 0.2) is 11.6 Å². The average molecular weight is 393 g/mol. The molecule has 0 aromatic heterocycles. The summed E-state index contributed by atoms with van der Waals surface area (Å²) >= 11 is 0. The minimum Gasteiger partial charge on any atom is -0.346 e. The van der Waals surface area contributed by atoms with Gasteiger partial charge in [0.2, 0.25) is 11.8 Å². The maximum Gasteiger partial charge on any atom is 0.243 e. The van der Waals surface area contributed by atoms with Crippen molar-refractivity contribution in [2.75, 3.05) is 18.4 Å². The molecule has 2 rings (SSSR count). The number of anilines is 1. The van der Waals surface area contributed by atoms with E-state index >= 15 is 0 Å². The van der Waals surface area contributed by atoms with E-state index in [0.29, 0.717) is 0 Å². The number of carbonyl (C=O) groups is 2. The van der Waals surface area contributed by atoms with Gasteiger partial charge in [0, 0.05) is 17.8 Å². The standard InChI is InChI=1S/C20H22F3N3O2/c1-12(2)20(13-3-5-14(21)6-4-13)25-10-18(27)24-11-19(28)26-15-7-8-16(22)17(23)9-15/h3-9,12,20,25H,10-11H2,1-2H3,(H,24,27)(H,26,28)/t20-/m1/s1. The normalized spacial score (nSPS) is 11.9. The zero-order chi connectivity index (χ0) is 20.7. The molecular weight excluding hydrogens is 371 g/mol. The van der Waals surface area contributed by atoms with E-state index in [0.717, 1.165) is 17.7 Å². The Balaban J connectivity index is 1.81.